The number of rotatable bonds is 1. The first-order chi connectivity index (χ1) is 7.16. The Morgan fingerprint density at radius 2 is 2.07 bits per heavy atom. The second-order valence-corrected chi connectivity index (χ2v) is 4.67. The number of Topliss-reactive ketones (excluding diaryl/α,β-unsaturated/α-hetero) is 1. The predicted molar refractivity (Wildman–Crippen MR) is 63.1 cm³/mol. The summed E-state index contributed by atoms with van der Waals surface area (Å²) in [6.07, 6.45) is 3.12. The third-order valence-corrected chi connectivity index (χ3v) is 3.51. The maximum Gasteiger partial charge on any atom is 0.136 e. The Morgan fingerprint density at radius 1 is 1.40 bits per heavy atom. The molecular weight excluding hydrogens is 256 g/mol. The molecule has 1 aliphatic heterocycles. The van der Waals surface area contributed by atoms with Gasteiger partial charge >= 0.3 is 0 Å². The number of hydrogen-bond donors (Lipinski definition) is 0. The summed E-state index contributed by atoms with van der Waals surface area (Å²) in [7, 11) is 0. The third-order valence-electron chi connectivity index (χ3n) is 2.68. The van der Waals surface area contributed by atoms with Crippen molar-refractivity contribution in [2.45, 2.75) is 19.8 Å². The molecule has 1 aromatic heterocycles. The number of hydrogen-bond acceptors (Lipinski definition) is 3. The molecule has 0 spiro atoms. The Bertz CT molecular complexity index is 382. The molecule has 1 aliphatic rings. The smallest absolute Gasteiger partial charge is 0.136 e. The average molecular weight is 269 g/mol. The van der Waals surface area contributed by atoms with Crippen molar-refractivity contribution in [1.82, 2.24) is 4.98 Å². The first-order valence-corrected chi connectivity index (χ1v) is 5.85. The van der Waals surface area contributed by atoms with E-state index in [1.54, 1.807) is 0 Å². The topological polar surface area (TPSA) is 33.2 Å². The van der Waals surface area contributed by atoms with Crippen LogP contribution in [0, 0.1) is 6.92 Å². The number of aromatic nitrogens is 1. The number of piperidine rings is 1. The van der Waals surface area contributed by atoms with Crippen molar-refractivity contribution < 1.29 is 4.79 Å². The van der Waals surface area contributed by atoms with Gasteiger partial charge in [-0.1, -0.05) is 0 Å². The van der Waals surface area contributed by atoms with E-state index in [1.165, 1.54) is 5.56 Å². The Morgan fingerprint density at radius 3 is 2.67 bits per heavy atom. The maximum absolute atomic E-state index is 11.1. The van der Waals surface area contributed by atoms with E-state index < -0.39 is 0 Å². The van der Waals surface area contributed by atoms with E-state index in [-0.39, 0.29) is 0 Å². The molecule has 0 N–H and O–H groups in total. The van der Waals surface area contributed by atoms with Crippen LogP contribution >= 0.6 is 15.9 Å². The monoisotopic (exact) mass is 268 g/mol. The number of aryl methyl sites for hydroxylation is 1. The second kappa shape index (κ2) is 4.31. The van der Waals surface area contributed by atoms with E-state index >= 15 is 0 Å². The second-order valence-electron chi connectivity index (χ2n) is 3.82. The van der Waals surface area contributed by atoms with Crippen molar-refractivity contribution in [3.63, 3.8) is 0 Å². The Hall–Kier alpha value is -0.900. The molecule has 2 rings (SSSR count). The number of carbonyl (C=O) groups excluding carboxylic acids is 1. The molecule has 0 radical (unpaired) electrons. The molecule has 0 atom stereocenters. The summed E-state index contributed by atoms with van der Waals surface area (Å²) in [6.45, 7) is 3.64. The van der Waals surface area contributed by atoms with Crippen LogP contribution in [0.15, 0.2) is 16.7 Å². The van der Waals surface area contributed by atoms with Crippen LogP contribution in [-0.4, -0.2) is 23.9 Å². The molecular formula is C11H13BrN2O. The minimum atomic E-state index is 0.361. The van der Waals surface area contributed by atoms with Crippen molar-refractivity contribution in [3.05, 3.63) is 22.3 Å². The number of anilines is 1. The van der Waals surface area contributed by atoms with Gasteiger partial charge in [0, 0.05) is 36.6 Å². The molecule has 0 bridgehead atoms. The first kappa shape index (κ1) is 10.6. The van der Waals surface area contributed by atoms with Gasteiger partial charge in [0.2, 0.25) is 0 Å². The highest BCUT2D eigenvalue weighted by atomic mass is 79.9. The number of carbonyl (C=O) groups is 1. The Labute approximate surface area is 97.6 Å². The average Bonchev–Trinajstić information content (AvgIpc) is 2.23. The van der Waals surface area contributed by atoms with Gasteiger partial charge in [-0.05, 0) is 34.5 Å². The van der Waals surface area contributed by atoms with E-state index in [4.69, 9.17) is 0 Å². The minimum absolute atomic E-state index is 0.361. The zero-order valence-electron chi connectivity index (χ0n) is 8.66. The summed E-state index contributed by atoms with van der Waals surface area (Å²) in [5.74, 6) is 1.34. The van der Waals surface area contributed by atoms with Gasteiger partial charge in [-0.3, -0.25) is 4.79 Å². The summed E-state index contributed by atoms with van der Waals surface area (Å²) >= 11 is 3.43. The Kier molecular flexibility index (Phi) is 3.05. The lowest BCUT2D eigenvalue weighted by Crippen LogP contribution is -2.34. The zero-order valence-corrected chi connectivity index (χ0v) is 10.2. The molecule has 1 saturated heterocycles. The van der Waals surface area contributed by atoms with Crippen LogP contribution in [-0.2, 0) is 4.79 Å². The molecule has 3 nitrogen and oxygen atoms in total. The molecule has 0 saturated carbocycles. The summed E-state index contributed by atoms with van der Waals surface area (Å²) in [4.78, 5) is 17.6. The molecule has 4 heteroatoms. The fourth-order valence-corrected chi connectivity index (χ4v) is 1.90. The molecule has 0 aromatic carbocycles. The molecule has 15 heavy (non-hydrogen) atoms. The van der Waals surface area contributed by atoms with E-state index in [0.717, 1.165) is 23.4 Å². The lowest BCUT2D eigenvalue weighted by Gasteiger charge is -2.27. The number of pyridine rings is 1. The van der Waals surface area contributed by atoms with Gasteiger partial charge < -0.3 is 4.90 Å². The molecule has 80 valence electrons. The first-order valence-electron chi connectivity index (χ1n) is 5.05. The fourth-order valence-electron chi connectivity index (χ4n) is 1.68. The maximum atomic E-state index is 11.1. The van der Waals surface area contributed by atoms with Gasteiger partial charge in [-0.15, -0.1) is 0 Å². The zero-order chi connectivity index (χ0) is 10.8. The molecule has 0 aliphatic carbocycles. The van der Waals surface area contributed by atoms with Gasteiger partial charge in [0.15, 0.2) is 0 Å². The van der Waals surface area contributed by atoms with Crippen molar-refractivity contribution in [2.24, 2.45) is 0 Å². The largest absolute Gasteiger partial charge is 0.356 e. The summed E-state index contributed by atoms with van der Waals surface area (Å²) < 4.78 is 1.03. The van der Waals surface area contributed by atoms with Crippen molar-refractivity contribution in [3.8, 4) is 0 Å². The molecule has 0 amide bonds. The van der Waals surface area contributed by atoms with E-state index in [1.807, 2.05) is 13.1 Å². The van der Waals surface area contributed by atoms with Crippen molar-refractivity contribution in [1.29, 1.82) is 0 Å². The molecule has 2 heterocycles. The van der Waals surface area contributed by atoms with Crippen LogP contribution < -0.4 is 4.90 Å². The van der Waals surface area contributed by atoms with Gasteiger partial charge in [0.25, 0.3) is 0 Å². The van der Waals surface area contributed by atoms with Crippen LogP contribution in [0.3, 0.4) is 0 Å². The lowest BCUT2D eigenvalue weighted by atomic mass is 10.1. The number of ketones is 1. The predicted octanol–water partition coefficient (Wildman–Crippen LogP) is 2.32. The quantitative estimate of drug-likeness (QED) is 0.784. The van der Waals surface area contributed by atoms with E-state index in [9.17, 15) is 4.79 Å². The van der Waals surface area contributed by atoms with Crippen LogP contribution in [0.4, 0.5) is 5.82 Å². The van der Waals surface area contributed by atoms with Gasteiger partial charge in [-0.2, -0.15) is 0 Å². The van der Waals surface area contributed by atoms with E-state index in [2.05, 4.69) is 31.9 Å². The normalized spacial score (nSPS) is 16.9. The minimum Gasteiger partial charge on any atom is -0.356 e. The standard InChI is InChI=1S/C11H13BrN2O/c1-8-6-11(13-7-10(8)12)14-4-2-9(15)3-5-14/h6-7H,2-5H2,1H3. The summed E-state index contributed by atoms with van der Waals surface area (Å²) in [6, 6.07) is 2.06. The van der Waals surface area contributed by atoms with Crippen molar-refractivity contribution >= 4 is 27.5 Å². The highest BCUT2D eigenvalue weighted by Gasteiger charge is 2.17. The molecule has 1 aromatic rings. The van der Waals surface area contributed by atoms with Crippen LogP contribution in [0.1, 0.15) is 18.4 Å². The van der Waals surface area contributed by atoms with Gasteiger partial charge in [-0.25, -0.2) is 4.98 Å². The van der Waals surface area contributed by atoms with Crippen LogP contribution in [0.5, 0.6) is 0 Å². The highest BCUT2D eigenvalue weighted by molar-refractivity contribution is 9.10. The highest BCUT2D eigenvalue weighted by Crippen LogP contribution is 2.21. The van der Waals surface area contributed by atoms with Crippen LogP contribution in [0.2, 0.25) is 0 Å². The SMILES string of the molecule is Cc1cc(N2CCC(=O)CC2)ncc1Br. The van der Waals surface area contributed by atoms with Crippen molar-refractivity contribution in [2.75, 3.05) is 18.0 Å². The van der Waals surface area contributed by atoms with Crippen LogP contribution in [0.25, 0.3) is 0 Å². The number of halogens is 1. The van der Waals surface area contributed by atoms with E-state index in [0.29, 0.717) is 18.6 Å². The third kappa shape index (κ3) is 2.37. The van der Waals surface area contributed by atoms with Gasteiger partial charge in [0.1, 0.15) is 11.6 Å². The Balaban J connectivity index is 2.16. The van der Waals surface area contributed by atoms with Gasteiger partial charge in [0.05, 0.1) is 0 Å². The molecule has 0 unspecified atom stereocenters. The summed E-state index contributed by atoms with van der Waals surface area (Å²) in [5, 5.41) is 0. The summed E-state index contributed by atoms with van der Waals surface area (Å²) in [5.41, 5.74) is 1.18. The fraction of sp³-hybridized carbons (Fsp3) is 0.455. The number of nitrogens with zero attached hydrogens (tertiary/aromatic N) is 2. The molecule has 1 fully saturated rings. The lowest BCUT2D eigenvalue weighted by molar-refractivity contribution is -0.119.